The molecule has 2 unspecified atom stereocenters. The van der Waals surface area contributed by atoms with E-state index in [1.54, 1.807) is 0 Å². The SMILES string of the molecule is CCOc1cccc(CNC23CC4CC(CC(O)(C4)C2)C3)c1OCc1ccccc1. The van der Waals surface area contributed by atoms with Crippen molar-refractivity contribution in [2.24, 2.45) is 11.8 Å². The van der Waals surface area contributed by atoms with Crippen LogP contribution >= 0.6 is 0 Å². The van der Waals surface area contributed by atoms with Crippen molar-refractivity contribution in [1.82, 2.24) is 5.32 Å². The van der Waals surface area contributed by atoms with E-state index >= 15 is 0 Å². The van der Waals surface area contributed by atoms with Crippen LogP contribution < -0.4 is 14.8 Å². The summed E-state index contributed by atoms with van der Waals surface area (Å²) in [6.45, 7) is 3.87. The van der Waals surface area contributed by atoms with Gasteiger partial charge in [-0.1, -0.05) is 42.5 Å². The average molecular weight is 408 g/mol. The molecule has 160 valence electrons. The molecule has 4 nitrogen and oxygen atoms in total. The van der Waals surface area contributed by atoms with Crippen molar-refractivity contribution >= 4 is 0 Å². The van der Waals surface area contributed by atoms with Gasteiger partial charge in [-0.2, -0.15) is 0 Å². The molecule has 2 atom stereocenters. The molecule has 2 aromatic carbocycles. The Labute approximate surface area is 179 Å². The number of hydrogen-bond acceptors (Lipinski definition) is 4. The number of benzene rings is 2. The lowest BCUT2D eigenvalue weighted by molar-refractivity contribution is -0.142. The first-order valence-electron chi connectivity index (χ1n) is 11.5. The smallest absolute Gasteiger partial charge is 0.166 e. The van der Waals surface area contributed by atoms with Gasteiger partial charge in [-0.3, -0.25) is 0 Å². The van der Waals surface area contributed by atoms with Gasteiger partial charge in [0.25, 0.3) is 0 Å². The summed E-state index contributed by atoms with van der Waals surface area (Å²) in [5.74, 6) is 2.98. The molecule has 2 aromatic rings. The Balaban J connectivity index is 1.34. The van der Waals surface area contributed by atoms with Crippen molar-refractivity contribution in [3.63, 3.8) is 0 Å². The summed E-state index contributed by atoms with van der Waals surface area (Å²) in [4.78, 5) is 0. The van der Waals surface area contributed by atoms with Crippen molar-refractivity contribution < 1.29 is 14.6 Å². The highest BCUT2D eigenvalue weighted by Gasteiger charge is 2.56. The third-order valence-corrected chi connectivity index (χ3v) is 7.27. The lowest BCUT2D eigenvalue weighted by atomic mass is 9.51. The fourth-order valence-corrected chi connectivity index (χ4v) is 6.57. The van der Waals surface area contributed by atoms with E-state index in [4.69, 9.17) is 9.47 Å². The third kappa shape index (κ3) is 3.95. The highest BCUT2D eigenvalue weighted by atomic mass is 16.5. The molecule has 0 amide bonds. The average Bonchev–Trinajstić information content (AvgIpc) is 2.71. The highest BCUT2D eigenvalue weighted by molar-refractivity contribution is 5.47. The van der Waals surface area contributed by atoms with E-state index in [9.17, 15) is 5.11 Å². The maximum Gasteiger partial charge on any atom is 0.166 e. The van der Waals surface area contributed by atoms with E-state index in [-0.39, 0.29) is 5.54 Å². The summed E-state index contributed by atoms with van der Waals surface area (Å²) < 4.78 is 12.2. The zero-order valence-electron chi connectivity index (χ0n) is 17.9. The Morgan fingerprint density at radius 2 is 1.73 bits per heavy atom. The maximum atomic E-state index is 11.1. The molecule has 30 heavy (non-hydrogen) atoms. The van der Waals surface area contributed by atoms with Crippen LogP contribution in [-0.2, 0) is 13.2 Å². The number of hydrogen-bond donors (Lipinski definition) is 2. The number of ether oxygens (including phenoxy) is 2. The summed E-state index contributed by atoms with van der Waals surface area (Å²) in [6.07, 6.45) is 6.57. The van der Waals surface area contributed by atoms with Crippen LogP contribution in [-0.4, -0.2) is 22.9 Å². The molecule has 4 fully saturated rings. The second-order valence-corrected chi connectivity index (χ2v) is 9.77. The minimum Gasteiger partial charge on any atom is -0.490 e. The van der Waals surface area contributed by atoms with Crippen molar-refractivity contribution in [3.05, 3.63) is 59.7 Å². The fourth-order valence-electron chi connectivity index (χ4n) is 6.57. The van der Waals surface area contributed by atoms with E-state index < -0.39 is 5.60 Å². The molecule has 0 spiro atoms. The van der Waals surface area contributed by atoms with Crippen molar-refractivity contribution in [2.75, 3.05) is 6.61 Å². The molecular weight excluding hydrogens is 374 g/mol. The van der Waals surface area contributed by atoms with Crippen LogP contribution in [0.15, 0.2) is 48.5 Å². The van der Waals surface area contributed by atoms with Crippen LogP contribution in [0.4, 0.5) is 0 Å². The van der Waals surface area contributed by atoms with Crippen LogP contribution in [0, 0.1) is 11.8 Å². The molecular formula is C26H33NO3. The van der Waals surface area contributed by atoms with Gasteiger partial charge in [0.2, 0.25) is 0 Å². The van der Waals surface area contributed by atoms with Gasteiger partial charge in [0, 0.05) is 17.6 Å². The summed E-state index contributed by atoms with van der Waals surface area (Å²) in [5.41, 5.74) is 1.89. The maximum absolute atomic E-state index is 11.1. The predicted molar refractivity (Wildman–Crippen MR) is 118 cm³/mol. The van der Waals surface area contributed by atoms with Gasteiger partial charge in [-0.25, -0.2) is 0 Å². The van der Waals surface area contributed by atoms with Gasteiger partial charge in [0.15, 0.2) is 11.5 Å². The second kappa shape index (κ2) is 7.90. The zero-order chi connectivity index (χ0) is 20.6. The first kappa shape index (κ1) is 19.9. The van der Waals surface area contributed by atoms with E-state index in [0.29, 0.717) is 25.0 Å². The van der Waals surface area contributed by atoms with Gasteiger partial charge in [0.05, 0.1) is 12.2 Å². The Morgan fingerprint density at radius 1 is 0.967 bits per heavy atom. The van der Waals surface area contributed by atoms with Crippen LogP contribution in [0.1, 0.15) is 56.6 Å². The molecule has 4 aliphatic rings. The fraction of sp³-hybridized carbons (Fsp3) is 0.538. The molecule has 4 heteroatoms. The molecule has 6 rings (SSSR count). The first-order chi connectivity index (χ1) is 14.6. The summed E-state index contributed by atoms with van der Waals surface area (Å²) in [6, 6.07) is 16.4. The molecule has 4 aliphatic carbocycles. The Kier molecular flexibility index (Phi) is 5.24. The third-order valence-electron chi connectivity index (χ3n) is 7.27. The zero-order valence-corrected chi connectivity index (χ0v) is 17.9. The van der Waals surface area contributed by atoms with Crippen molar-refractivity contribution in [3.8, 4) is 11.5 Å². The minimum absolute atomic E-state index is 0.0666. The van der Waals surface area contributed by atoms with Crippen LogP contribution in [0.25, 0.3) is 0 Å². The van der Waals surface area contributed by atoms with Gasteiger partial charge >= 0.3 is 0 Å². The topological polar surface area (TPSA) is 50.7 Å². The summed E-state index contributed by atoms with van der Waals surface area (Å²) >= 11 is 0. The Morgan fingerprint density at radius 3 is 2.43 bits per heavy atom. The predicted octanol–water partition coefficient (Wildman–Crippen LogP) is 4.84. The molecule has 0 saturated heterocycles. The Bertz CT molecular complexity index is 867. The molecule has 2 N–H and O–H groups in total. The first-order valence-corrected chi connectivity index (χ1v) is 11.5. The monoisotopic (exact) mass is 407 g/mol. The van der Waals surface area contributed by atoms with E-state index in [0.717, 1.165) is 48.4 Å². The number of nitrogens with one attached hydrogen (secondary N) is 1. The lowest BCUT2D eigenvalue weighted by Gasteiger charge is -2.60. The molecule has 0 heterocycles. The molecule has 0 radical (unpaired) electrons. The van der Waals surface area contributed by atoms with Crippen molar-refractivity contribution in [1.29, 1.82) is 0 Å². The van der Waals surface area contributed by atoms with Crippen LogP contribution in [0.3, 0.4) is 0 Å². The minimum atomic E-state index is -0.448. The van der Waals surface area contributed by atoms with Gasteiger partial charge in [-0.05, 0) is 68.9 Å². The van der Waals surface area contributed by atoms with Crippen LogP contribution in [0.5, 0.6) is 11.5 Å². The highest BCUT2D eigenvalue weighted by Crippen LogP contribution is 2.57. The standard InChI is InChI=1S/C26H33NO3/c1-2-29-23-10-6-9-22(24(23)30-17-19-7-4-3-5-8-19)16-27-25-12-20-11-21(13-25)15-26(28,14-20)18-25/h3-10,20-21,27-28H,2,11-18H2,1H3. The molecule has 4 bridgehead atoms. The number of para-hydroxylation sites is 1. The van der Waals surface area contributed by atoms with E-state index in [1.165, 1.54) is 19.3 Å². The van der Waals surface area contributed by atoms with E-state index in [1.807, 2.05) is 37.3 Å². The summed E-state index contributed by atoms with van der Waals surface area (Å²) in [5, 5.41) is 14.9. The second-order valence-electron chi connectivity index (χ2n) is 9.77. The lowest BCUT2D eigenvalue weighted by Crippen LogP contribution is -2.64. The van der Waals surface area contributed by atoms with Gasteiger partial charge in [0.1, 0.15) is 6.61 Å². The Hall–Kier alpha value is -2.04. The molecule has 4 saturated carbocycles. The normalized spacial score (nSPS) is 31.7. The molecule has 0 aromatic heterocycles. The summed E-state index contributed by atoms with van der Waals surface area (Å²) in [7, 11) is 0. The van der Waals surface area contributed by atoms with Gasteiger partial charge in [-0.15, -0.1) is 0 Å². The quantitative estimate of drug-likeness (QED) is 0.658. The van der Waals surface area contributed by atoms with E-state index in [2.05, 4.69) is 23.5 Å². The largest absolute Gasteiger partial charge is 0.490 e. The van der Waals surface area contributed by atoms with Gasteiger partial charge < -0.3 is 19.9 Å². The molecule has 0 aliphatic heterocycles. The number of rotatable bonds is 8. The number of aliphatic hydroxyl groups is 1. The van der Waals surface area contributed by atoms with Crippen molar-refractivity contribution in [2.45, 2.75) is 69.7 Å². The van der Waals surface area contributed by atoms with Crippen LogP contribution in [0.2, 0.25) is 0 Å².